The predicted molar refractivity (Wildman–Crippen MR) is 134 cm³/mol. The molecule has 4 aromatic rings. The fourth-order valence-corrected chi connectivity index (χ4v) is 5.12. The second-order valence-electron chi connectivity index (χ2n) is 8.27. The Labute approximate surface area is 211 Å². The molecule has 10 nitrogen and oxygen atoms in total. The molecule has 0 fully saturated rings. The Kier molecular flexibility index (Phi) is 6.15. The molecule has 0 aliphatic carbocycles. The van der Waals surface area contributed by atoms with Crippen molar-refractivity contribution in [1.82, 2.24) is 24.6 Å². The van der Waals surface area contributed by atoms with Crippen molar-refractivity contribution in [1.29, 1.82) is 0 Å². The zero-order valence-corrected chi connectivity index (χ0v) is 21.0. The topological polar surface area (TPSA) is 111 Å². The summed E-state index contributed by atoms with van der Waals surface area (Å²) in [6, 6.07) is 11.0. The number of carbonyl (C=O) groups excluding carboxylic acids is 2. The summed E-state index contributed by atoms with van der Waals surface area (Å²) in [4.78, 5) is 37.6. The first kappa shape index (κ1) is 23.5. The molecule has 4 heterocycles. The van der Waals surface area contributed by atoms with E-state index in [1.807, 2.05) is 37.3 Å². The Hall–Kier alpha value is -4.25. The van der Waals surface area contributed by atoms with E-state index in [1.165, 1.54) is 23.1 Å². The van der Waals surface area contributed by atoms with Gasteiger partial charge in [0.2, 0.25) is 5.88 Å². The third-order valence-electron chi connectivity index (χ3n) is 5.91. The molecule has 1 N–H and O–H groups in total. The van der Waals surface area contributed by atoms with E-state index < -0.39 is 0 Å². The van der Waals surface area contributed by atoms with Crippen molar-refractivity contribution in [3.8, 4) is 22.8 Å². The summed E-state index contributed by atoms with van der Waals surface area (Å²) < 4.78 is 12.2. The highest BCUT2D eigenvalue weighted by atomic mass is 32.1. The zero-order valence-electron chi connectivity index (χ0n) is 20.2. The number of hydrogen-bond donors (Lipinski definition) is 1. The number of benzene rings is 1. The van der Waals surface area contributed by atoms with E-state index in [9.17, 15) is 9.59 Å². The predicted octanol–water partition coefficient (Wildman–Crippen LogP) is 3.67. The third kappa shape index (κ3) is 4.29. The Morgan fingerprint density at radius 3 is 2.61 bits per heavy atom. The second-order valence-corrected chi connectivity index (χ2v) is 9.35. The van der Waals surface area contributed by atoms with Gasteiger partial charge in [0, 0.05) is 36.1 Å². The molecule has 5 rings (SSSR count). The number of aryl methyl sites for hydroxylation is 2. The van der Waals surface area contributed by atoms with Gasteiger partial charge in [-0.2, -0.15) is 5.10 Å². The van der Waals surface area contributed by atoms with Crippen LogP contribution in [-0.2, 0) is 20.1 Å². The van der Waals surface area contributed by atoms with E-state index in [0.717, 1.165) is 27.4 Å². The van der Waals surface area contributed by atoms with E-state index in [0.29, 0.717) is 41.1 Å². The first-order valence-corrected chi connectivity index (χ1v) is 12.0. The van der Waals surface area contributed by atoms with E-state index >= 15 is 0 Å². The Balaban J connectivity index is 1.33. The van der Waals surface area contributed by atoms with Gasteiger partial charge in [0.15, 0.2) is 10.8 Å². The minimum Gasteiger partial charge on any atom is -0.496 e. The van der Waals surface area contributed by atoms with Crippen LogP contribution in [0, 0.1) is 6.92 Å². The summed E-state index contributed by atoms with van der Waals surface area (Å²) in [7, 11) is 4.85. The number of aromatic nitrogens is 4. The number of rotatable bonds is 6. The summed E-state index contributed by atoms with van der Waals surface area (Å²) in [5, 5.41) is 7.60. The van der Waals surface area contributed by atoms with Crippen LogP contribution in [0.15, 0.2) is 42.6 Å². The van der Waals surface area contributed by atoms with Crippen molar-refractivity contribution in [3.05, 3.63) is 70.1 Å². The lowest BCUT2D eigenvalue weighted by Crippen LogP contribution is -2.26. The number of methoxy groups -OCH3 is 2. The van der Waals surface area contributed by atoms with Gasteiger partial charge in [0.1, 0.15) is 5.75 Å². The zero-order chi connectivity index (χ0) is 25.4. The van der Waals surface area contributed by atoms with Crippen LogP contribution < -0.4 is 14.8 Å². The van der Waals surface area contributed by atoms with Gasteiger partial charge in [-0.15, -0.1) is 0 Å². The maximum Gasteiger partial charge on any atom is 0.275 e. The maximum atomic E-state index is 13.3. The summed E-state index contributed by atoms with van der Waals surface area (Å²) >= 11 is 1.35. The summed E-state index contributed by atoms with van der Waals surface area (Å²) in [6.45, 7) is 2.62. The van der Waals surface area contributed by atoms with Crippen LogP contribution >= 0.6 is 11.3 Å². The van der Waals surface area contributed by atoms with Gasteiger partial charge in [-0.25, -0.2) is 9.67 Å². The van der Waals surface area contributed by atoms with Crippen molar-refractivity contribution in [2.24, 2.45) is 7.05 Å². The molecule has 184 valence electrons. The van der Waals surface area contributed by atoms with Gasteiger partial charge in [0.25, 0.3) is 11.8 Å². The first-order chi connectivity index (χ1) is 17.4. The van der Waals surface area contributed by atoms with Gasteiger partial charge in [-0.1, -0.05) is 29.5 Å². The van der Waals surface area contributed by atoms with Gasteiger partial charge in [0.05, 0.1) is 43.4 Å². The van der Waals surface area contributed by atoms with Gasteiger partial charge in [-0.3, -0.25) is 19.9 Å². The Morgan fingerprint density at radius 1 is 1.08 bits per heavy atom. The average molecular weight is 505 g/mol. The summed E-state index contributed by atoms with van der Waals surface area (Å²) in [6.07, 6.45) is 1.56. The average Bonchev–Trinajstić information content (AvgIpc) is 3.56. The molecule has 0 bridgehead atoms. The fraction of sp³-hybridized carbons (Fsp3) is 0.240. The summed E-state index contributed by atoms with van der Waals surface area (Å²) in [5.41, 5.74) is 3.81. The minimum absolute atomic E-state index is 0.197. The Morgan fingerprint density at radius 2 is 1.89 bits per heavy atom. The summed E-state index contributed by atoms with van der Waals surface area (Å²) in [5.74, 6) is 0.662. The molecular weight excluding hydrogens is 480 g/mol. The van der Waals surface area contributed by atoms with Gasteiger partial charge in [-0.05, 0) is 19.1 Å². The number of amides is 2. The number of nitrogens with zero attached hydrogens (tertiary/aromatic N) is 5. The molecule has 1 aliphatic heterocycles. The number of pyridine rings is 1. The molecule has 2 amide bonds. The van der Waals surface area contributed by atoms with Crippen molar-refractivity contribution >= 4 is 28.3 Å². The number of para-hydroxylation sites is 1. The standard InChI is InChI=1S/C25H24N6O4S/c1-14-9-16(15-7-5-6-8-20(15)34-3)17(11-26-14)23(32)28-25-27-19-12-31(13-21(19)36-25)24(33)18-10-22(35-4)30(2)29-18/h5-11H,12-13H2,1-4H3,(H,27,28,32). The van der Waals surface area contributed by atoms with E-state index in [1.54, 1.807) is 31.3 Å². The van der Waals surface area contributed by atoms with Crippen LogP contribution in [0.25, 0.3) is 11.1 Å². The molecule has 0 saturated heterocycles. The van der Waals surface area contributed by atoms with Crippen molar-refractivity contribution in [3.63, 3.8) is 0 Å². The molecule has 36 heavy (non-hydrogen) atoms. The van der Waals surface area contributed by atoms with E-state index in [4.69, 9.17) is 9.47 Å². The first-order valence-electron chi connectivity index (χ1n) is 11.1. The molecule has 3 aromatic heterocycles. The Bertz CT molecular complexity index is 1450. The van der Waals surface area contributed by atoms with Crippen LogP contribution in [0.3, 0.4) is 0 Å². The number of ether oxygens (including phenoxy) is 2. The molecule has 1 aliphatic rings. The molecule has 0 spiro atoms. The molecule has 0 saturated carbocycles. The molecular formula is C25H24N6O4S. The number of carbonyl (C=O) groups is 2. The monoisotopic (exact) mass is 504 g/mol. The van der Waals surface area contributed by atoms with Crippen LogP contribution in [0.1, 0.15) is 37.1 Å². The molecule has 0 atom stereocenters. The molecule has 0 unspecified atom stereocenters. The van der Waals surface area contributed by atoms with E-state index in [2.05, 4.69) is 20.4 Å². The van der Waals surface area contributed by atoms with Crippen LogP contribution in [0.5, 0.6) is 11.6 Å². The van der Waals surface area contributed by atoms with Crippen molar-refractivity contribution in [2.45, 2.75) is 20.0 Å². The number of anilines is 1. The quantitative estimate of drug-likeness (QED) is 0.426. The highest BCUT2D eigenvalue weighted by molar-refractivity contribution is 7.16. The van der Waals surface area contributed by atoms with Crippen LogP contribution in [0.2, 0.25) is 0 Å². The minimum atomic E-state index is -0.315. The number of thiazole rings is 1. The third-order valence-corrected chi connectivity index (χ3v) is 6.91. The molecule has 0 radical (unpaired) electrons. The molecule has 11 heteroatoms. The lowest BCUT2D eigenvalue weighted by molar-refractivity contribution is 0.0744. The second kappa shape index (κ2) is 9.42. The fourth-order valence-electron chi connectivity index (χ4n) is 4.14. The van der Waals surface area contributed by atoms with Crippen molar-refractivity contribution < 1.29 is 19.1 Å². The van der Waals surface area contributed by atoms with Crippen molar-refractivity contribution in [2.75, 3.05) is 19.5 Å². The smallest absolute Gasteiger partial charge is 0.275 e. The largest absolute Gasteiger partial charge is 0.496 e. The van der Waals surface area contributed by atoms with Gasteiger partial charge >= 0.3 is 0 Å². The highest BCUT2D eigenvalue weighted by Crippen LogP contribution is 2.35. The maximum absolute atomic E-state index is 13.3. The normalized spacial score (nSPS) is 12.4. The van der Waals surface area contributed by atoms with Crippen LogP contribution in [0.4, 0.5) is 5.13 Å². The van der Waals surface area contributed by atoms with E-state index in [-0.39, 0.29) is 11.8 Å². The molecule has 1 aromatic carbocycles. The van der Waals surface area contributed by atoms with Crippen LogP contribution in [-0.4, -0.2) is 50.7 Å². The number of nitrogens with one attached hydrogen (secondary N) is 1. The number of hydrogen-bond acceptors (Lipinski definition) is 8. The van der Waals surface area contributed by atoms with Gasteiger partial charge < -0.3 is 14.4 Å². The highest BCUT2D eigenvalue weighted by Gasteiger charge is 2.30. The number of fused-ring (bicyclic) bond motifs is 1. The SMILES string of the molecule is COc1ccccc1-c1cc(C)ncc1C(=O)Nc1nc2c(s1)CN(C(=O)c1cc(OC)n(C)n1)C2. The lowest BCUT2D eigenvalue weighted by atomic mass is 9.99. The lowest BCUT2D eigenvalue weighted by Gasteiger charge is -2.14.